The molecule has 1 N–H and O–H groups in total. The number of rotatable bonds is 3. The van der Waals surface area contributed by atoms with Crippen molar-refractivity contribution in [2.24, 2.45) is 0 Å². The summed E-state index contributed by atoms with van der Waals surface area (Å²) in [7, 11) is -3.41. The first-order valence-corrected chi connectivity index (χ1v) is 7.93. The Labute approximate surface area is 112 Å². The van der Waals surface area contributed by atoms with Gasteiger partial charge in [0.1, 0.15) is 0 Å². The molecule has 3 rings (SSSR count). The predicted octanol–water partition coefficient (Wildman–Crippen LogP) is -0.495. The van der Waals surface area contributed by atoms with Gasteiger partial charge in [0, 0.05) is 32.2 Å². The number of nitrogens with one attached hydrogen (secondary N) is 1. The third-order valence-electron chi connectivity index (χ3n) is 3.78. The minimum atomic E-state index is -3.41. The van der Waals surface area contributed by atoms with Gasteiger partial charge in [-0.25, -0.2) is 8.42 Å². The Morgan fingerprint density at radius 3 is 2.79 bits per heavy atom. The molecule has 2 fully saturated rings. The summed E-state index contributed by atoms with van der Waals surface area (Å²) in [5.41, 5.74) is 0. The van der Waals surface area contributed by atoms with E-state index in [0.29, 0.717) is 19.1 Å². The van der Waals surface area contributed by atoms with Crippen LogP contribution in [-0.2, 0) is 14.8 Å². The largest absolute Gasteiger partial charge is 0.379 e. The van der Waals surface area contributed by atoms with Crippen LogP contribution < -0.4 is 0 Å². The van der Waals surface area contributed by atoms with Gasteiger partial charge in [-0.1, -0.05) is 0 Å². The molecule has 8 heteroatoms. The Hall–Kier alpha value is -0.960. The summed E-state index contributed by atoms with van der Waals surface area (Å²) in [6.07, 6.45) is 2.34. The molecule has 3 heterocycles. The molecule has 0 amide bonds. The van der Waals surface area contributed by atoms with Crippen LogP contribution in [0.2, 0.25) is 0 Å². The lowest BCUT2D eigenvalue weighted by Gasteiger charge is -2.31. The number of ether oxygens (including phenoxy) is 1. The van der Waals surface area contributed by atoms with Crippen LogP contribution in [0.1, 0.15) is 6.42 Å². The van der Waals surface area contributed by atoms with Crippen molar-refractivity contribution >= 4 is 10.0 Å². The average molecular weight is 286 g/mol. The van der Waals surface area contributed by atoms with Crippen LogP contribution in [0.4, 0.5) is 0 Å². The number of sulfonamides is 1. The molecule has 1 aromatic heterocycles. The SMILES string of the molecule is O=S(=O)(c1ccn[nH]1)N1CCC(N2CCOCC2)C1. The highest BCUT2D eigenvalue weighted by Crippen LogP contribution is 2.22. The maximum Gasteiger partial charge on any atom is 0.260 e. The fraction of sp³-hybridized carbons (Fsp3) is 0.727. The van der Waals surface area contributed by atoms with Crippen LogP contribution in [0, 0.1) is 0 Å². The van der Waals surface area contributed by atoms with E-state index in [1.54, 1.807) is 4.31 Å². The third kappa shape index (κ3) is 2.53. The van der Waals surface area contributed by atoms with Crippen LogP contribution >= 0.6 is 0 Å². The van der Waals surface area contributed by atoms with E-state index in [4.69, 9.17) is 4.74 Å². The monoisotopic (exact) mass is 286 g/mol. The third-order valence-corrected chi connectivity index (χ3v) is 5.58. The van der Waals surface area contributed by atoms with Gasteiger partial charge in [-0.05, 0) is 12.5 Å². The van der Waals surface area contributed by atoms with E-state index in [1.807, 2.05) is 0 Å². The molecule has 2 aliphatic rings. The van der Waals surface area contributed by atoms with E-state index >= 15 is 0 Å². The molecule has 0 bridgehead atoms. The number of hydrogen-bond donors (Lipinski definition) is 1. The highest BCUT2D eigenvalue weighted by atomic mass is 32.2. The van der Waals surface area contributed by atoms with E-state index in [1.165, 1.54) is 12.3 Å². The first-order chi connectivity index (χ1) is 9.18. The summed E-state index contributed by atoms with van der Waals surface area (Å²) in [5, 5.41) is 6.42. The second kappa shape index (κ2) is 5.20. The summed E-state index contributed by atoms with van der Waals surface area (Å²) < 4.78 is 31.5. The molecule has 1 atom stereocenters. The fourth-order valence-corrected chi connectivity index (χ4v) is 4.09. The Balaban J connectivity index is 1.68. The van der Waals surface area contributed by atoms with E-state index < -0.39 is 10.0 Å². The molecule has 106 valence electrons. The second-order valence-electron chi connectivity index (χ2n) is 4.87. The van der Waals surface area contributed by atoms with Gasteiger partial charge in [0.05, 0.1) is 19.4 Å². The summed E-state index contributed by atoms with van der Waals surface area (Å²) in [4.78, 5) is 2.33. The highest BCUT2D eigenvalue weighted by molar-refractivity contribution is 7.89. The van der Waals surface area contributed by atoms with Gasteiger partial charge in [-0.15, -0.1) is 0 Å². The maximum absolute atomic E-state index is 12.3. The topological polar surface area (TPSA) is 78.5 Å². The number of morpholine rings is 1. The molecule has 19 heavy (non-hydrogen) atoms. The first-order valence-electron chi connectivity index (χ1n) is 6.49. The molecule has 0 saturated carbocycles. The van der Waals surface area contributed by atoms with Crippen LogP contribution in [0.5, 0.6) is 0 Å². The number of nitrogens with zero attached hydrogens (tertiary/aromatic N) is 3. The van der Waals surface area contributed by atoms with E-state index in [-0.39, 0.29) is 5.03 Å². The molecule has 0 aliphatic carbocycles. The van der Waals surface area contributed by atoms with Crippen molar-refractivity contribution in [1.82, 2.24) is 19.4 Å². The van der Waals surface area contributed by atoms with Crippen molar-refractivity contribution < 1.29 is 13.2 Å². The molecule has 0 radical (unpaired) electrons. The first kappa shape index (κ1) is 13.0. The van der Waals surface area contributed by atoms with Crippen LogP contribution in [0.3, 0.4) is 0 Å². The van der Waals surface area contributed by atoms with E-state index in [9.17, 15) is 8.42 Å². The lowest BCUT2D eigenvalue weighted by molar-refractivity contribution is 0.0197. The van der Waals surface area contributed by atoms with Crippen molar-refractivity contribution in [3.63, 3.8) is 0 Å². The molecule has 0 spiro atoms. The Kier molecular flexibility index (Phi) is 3.57. The Bertz CT molecular complexity index is 510. The molecule has 7 nitrogen and oxygen atoms in total. The van der Waals surface area contributed by atoms with Gasteiger partial charge in [-0.3, -0.25) is 10.00 Å². The molecule has 0 aromatic carbocycles. The van der Waals surface area contributed by atoms with Gasteiger partial charge in [0.2, 0.25) is 0 Å². The zero-order chi connectivity index (χ0) is 13.3. The molecule has 1 aromatic rings. The Morgan fingerprint density at radius 1 is 1.32 bits per heavy atom. The summed E-state index contributed by atoms with van der Waals surface area (Å²) in [6.45, 7) is 4.39. The minimum absolute atomic E-state index is 0.176. The smallest absolute Gasteiger partial charge is 0.260 e. The van der Waals surface area contributed by atoms with Gasteiger partial charge < -0.3 is 4.74 Å². The zero-order valence-corrected chi connectivity index (χ0v) is 11.5. The van der Waals surface area contributed by atoms with Crippen LogP contribution in [0.25, 0.3) is 0 Å². The van der Waals surface area contributed by atoms with Crippen molar-refractivity contribution in [3.05, 3.63) is 12.3 Å². The van der Waals surface area contributed by atoms with Gasteiger partial charge in [-0.2, -0.15) is 9.40 Å². The number of hydrogen-bond acceptors (Lipinski definition) is 5. The zero-order valence-electron chi connectivity index (χ0n) is 10.7. The predicted molar refractivity (Wildman–Crippen MR) is 68.1 cm³/mol. The van der Waals surface area contributed by atoms with E-state index in [2.05, 4.69) is 15.1 Å². The molecule has 1 unspecified atom stereocenters. The van der Waals surface area contributed by atoms with Crippen molar-refractivity contribution in [2.45, 2.75) is 17.5 Å². The quantitative estimate of drug-likeness (QED) is 0.811. The number of H-pyrrole nitrogens is 1. The van der Waals surface area contributed by atoms with Gasteiger partial charge in [0.25, 0.3) is 10.0 Å². The molecule has 2 saturated heterocycles. The number of aromatic nitrogens is 2. The molecule has 2 aliphatic heterocycles. The number of aromatic amines is 1. The van der Waals surface area contributed by atoms with E-state index in [0.717, 1.165) is 32.7 Å². The van der Waals surface area contributed by atoms with Crippen molar-refractivity contribution in [3.8, 4) is 0 Å². The van der Waals surface area contributed by atoms with Crippen LogP contribution in [0.15, 0.2) is 17.3 Å². The lowest BCUT2D eigenvalue weighted by Crippen LogP contribution is -2.45. The summed E-state index contributed by atoms with van der Waals surface area (Å²) >= 11 is 0. The molecular formula is C11H18N4O3S. The summed E-state index contributed by atoms with van der Waals surface area (Å²) in [5.74, 6) is 0. The maximum atomic E-state index is 12.3. The lowest BCUT2D eigenvalue weighted by atomic mass is 10.2. The van der Waals surface area contributed by atoms with Gasteiger partial charge >= 0.3 is 0 Å². The fourth-order valence-electron chi connectivity index (χ4n) is 2.70. The summed E-state index contributed by atoms with van der Waals surface area (Å²) in [6, 6.07) is 1.80. The Morgan fingerprint density at radius 2 is 2.11 bits per heavy atom. The normalized spacial score (nSPS) is 26.8. The molecular weight excluding hydrogens is 268 g/mol. The minimum Gasteiger partial charge on any atom is -0.379 e. The van der Waals surface area contributed by atoms with Crippen molar-refractivity contribution in [2.75, 3.05) is 39.4 Å². The second-order valence-corrected chi connectivity index (χ2v) is 6.78. The van der Waals surface area contributed by atoms with Crippen molar-refractivity contribution in [1.29, 1.82) is 0 Å². The highest BCUT2D eigenvalue weighted by Gasteiger charge is 2.36. The average Bonchev–Trinajstić information content (AvgIpc) is 3.12. The van der Waals surface area contributed by atoms with Crippen LogP contribution in [-0.4, -0.2) is 73.3 Å². The standard InChI is InChI=1S/C11H18N4O3S/c16-19(17,11-1-3-12-13-11)15-4-2-10(9-15)14-5-7-18-8-6-14/h1,3,10H,2,4-9H2,(H,12,13). The van der Waals surface area contributed by atoms with Gasteiger partial charge in [0.15, 0.2) is 5.03 Å².